The van der Waals surface area contributed by atoms with Crippen molar-refractivity contribution in [3.63, 3.8) is 0 Å². The highest BCUT2D eigenvalue weighted by Crippen LogP contribution is 2.37. The number of anilines is 1. The molecule has 0 spiro atoms. The zero-order chi connectivity index (χ0) is 19.4. The van der Waals surface area contributed by atoms with E-state index in [4.69, 9.17) is 21.6 Å². The Bertz CT molecular complexity index is 955. The molecule has 1 aliphatic carbocycles. The molecule has 0 radical (unpaired) electrons. The molecule has 7 heteroatoms. The van der Waals surface area contributed by atoms with Crippen LogP contribution in [0.1, 0.15) is 47.8 Å². The van der Waals surface area contributed by atoms with Gasteiger partial charge in [0, 0.05) is 4.88 Å². The predicted molar refractivity (Wildman–Crippen MR) is 105 cm³/mol. The number of nitriles is 2. The van der Waals surface area contributed by atoms with Crippen molar-refractivity contribution < 1.29 is 9.53 Å². The summed E-state index contributed by atoms with van der Waals surface area (Å²) in [6, 6.07) is 8.89. The van der Waals surface area contributed by atoms with Gasteiger partial charge in [0.25, 0.3) is 5.91 Å². The smallest absolute Gasteiger partial charge is 0.265 e. The number of halogens is 1. The fourth-order valence-electron chi connectivity index (χ4n) is 3.07. The molecular formula is C20H18ClN3O2S. The van der Waals surface area contributed by atoms with Gasteiger partial charge in [0.15, 0.2) is 6.10 Å². The average molecular weight is 400 g/mol. The summed E-state index contributed by atoms with van der Waals surface area (Å²) in [5, 5.41) is 22.1. The third-order valence-corrected chi connectivity index (χ3v) is 6.01. The maximum atomic E-state index is 12.6. The molecule has 3 rings (SSSR count). The number of nitrogens with one attached hydrogen (secondary N) is 1. The molecule has 0 aliphatic heterocycles. The van der Waals surface area contributed by atoms with Crippen LogP contribution in [0.5, 0.6) is 5.75 Å². The number of hydrogen-bond donors (Lipinski definition) is 1. The van der Waals surface area contributed by atoms with Crippen molar-refractivity contribution in [3.8, 4) is 17.9 Å². The van der Waals surface area contributed by atoms with Gasteiger partial charge in [-0.1, -0.05) is 18.0 Å². The molecule has 2 aromatic rings. The van der Waals surface area contributed by atoms with E-state index in [0.717, 1.165) is 31.2 Å². The molecule has 1 aliphatic rings. The lowest BCUT2D eigenvalue weighted by Crippen LogP contribution is -2.30. The summed E-state index contributed by atoms with van der Waals surface area (Å²) in [5.74, 6) is -0.0101. The maximum Gasteiger partial charge on any atom is 0.265 e. The number of fused-ring (bicyclic) bond motifs is 1. The second-order valence-corrected chi connectivity index (χ2v) is 7.90. The quantitative estimate of drug-likeness (QED) is 0.746. The van der Waals surface area contributed by atoms with E-state index in [1.165, 1.54) is 28.7 Å². The molecule has 1 atom stereocenters. The van der Waals surface area contributed by atoms with Crippen molar-refractivity contribution in [3.05, 3.63) is 44.8 Å². The summed E-state index contributed by atoms with van der Waals surface area (Å²) in [4.78, 5) is 13.8. The van der Waals surface area contributed by atoms with Gasteiger partial charge >= 0.3 is 0 Å². The monoisotopic (exact) mass is 399 g/mol. The number of hydrogen-bond acceptors (Lipinski definition) is 5. The standard InChI is InChI=1S/C20H18ClN3O2S/c1-12(26-17-8-7-13(10-22)9-16(17)21)19(25)24-20-15(11-23)14-5-3-2-4-6-18(14)27-20/h7-9,12H,2-6H2,1H3,(H,24,25). The van der Waals surface area contributed by atoms with Crippen LogP contribution >= 0.6 is 22.9 Å². The summed E-state index contributed by atoms with van der Waals surface area (Å²) < 4.78 is 5.64. The van der Waals surface area contributed by atoms with Crippen molar-refractivity contribution in [2.45, 2.75) is 45.1 Å². The Morgan fingerprint density at radius 3 is 2.74 bits per heavy atom. The van der Waals surface area contributed by atoms with Gasteiger partial charge in [0.05, 0.1) is 22.2 Å². The third-order valence-electron chi connectivity index (χ3n) is 4.50. The maximum absolute atomic E-state index is 12.6. The summed E-state index contributed by atoms with van der Waals surface area (Å²) in [7, 11) is 0. The van der Waals surface area contributed by atoms with Gasteiger partial charge in [0.1, 0.15) is 16.8 Å². The van der Waals surface area contributed by atoms with E-state index in [1.54, 1.807) is 19.1 Å². The van der Waals surface area contributed by atoms with Crippen LogP contribution < -0.4 is 10.1 Å². The number of carbonyl (C=O) groups excluding carboxylic acids is 1. The summed E-state index contributed by atoms with van der Waals surface area (Å²) >= 11 is 7.59. The highest BCUT2D eigenvalue weighted by Gasteiger charge is 2.23. The van der Waals surface area contributed by atoms with Crippen LogP contribution in [-0.2, 0) is 17.6 Å². The van der Waals surface area contributed by atoms with Crippen LogP contribution in [0.4, 0.5) is 5.00 Å². The van der Waals surface area contributed by atoms with Crippen LogP contribution in [-0.4, -0.2) is 12.0 Å². The zero-order valence-electron chi connectivity index (χ0n) is 14.8. The number of benzene rings is 1. The Balaban J connectivity index is 1.74. The van der Waals surface area contributed by atoms with Gasteiger partial charge in [-0.15, -0.1) is 11.3 Å². The molecular weight excluding hydrogens is 382 g/mol. The second-order valence-electron chi connectivity index (χ2n) is 6.39. The Morgan fingerprint density at radius 2 is 2.04 bits per heavy atom. The molecule has 5 nitrogen and oxygen atoms in total. The molecule has 0 bridgehead atoms. The Morgan fingerprint density at radius 1 is 1.26 bits per heavy atom. The minimum absolute atomic E-state index is 0.272. The normalized spacial score (nSPS) is 14.2. The molecule has 0 saturated heterocycles. The molecule has 1 aromatic carbocycles. The lowest BCUT2D eigenvalue weighted by atomic mass is 10.1. The minimum Gasteiger partial charge on any atom is -0.479 e. The molecule has 1 amide bonds. The van der Waals surface area contributed by atoms with Crippen LogP contribution in [0.25, 0.3) is 0 Å². The molecule has 1 aromatic heterocycles. The van der Waals surface area contributed by atoms with E-state index < -0.39 is 6.10 Å². The first kappa shape index (κ1) is 19.2. The van der Waals surface area contributed by atoms with Gasteiger partial charge in [-0.3, -0.25) is 4.79 Å². The van der Waals surface area contributed by atoms with Crippen molar-refractivity contribution in [1.29, 1.82) is 10.5 Å². The topological polar surface area (TPSA) is 85.9 Å². The second kappa shape index (κ2) is 8.43. The van der Waals surface area contributed by atoms with Gasteiger partial charge < -0.3 is 10.1 Å². The van der Waals surface area contributed by atoms with Crippen molar-refractivity contribution in [1.82, 2.24) is 0 Å². The molecule has 1 heterocycles. The molecule has 1 N–H and O–H groups in total. The highest BCUT2D eigenvalue weighted by molar-refractivity contribution is 7.16. The number of thiophene rings is 1. The number of amides is 1. The van der Waals surface area contributed by atoms with E-state index >= 15 is 0 Å². The fourth-order valence-corrected chi connectivity index (χ4v) is 4.54. The first-order valence-electron chi connectivity index (χ1n) is 8.75. The van der Waals surface area contributed by atoms with Gasteiger partial charge in [0.2, 0.25) is 0 Å². The van der Waals surface area contributed by atoms with Gasteiger partial charge in [-0.25, -0.2) is 0 Å². The lowest BCUT2D eigenvalue weighted by Gasteiger charge is -2.15. The predicted octanol–water partition coefficient (Wildman–Crippen LogP) is 4.82. The summed E-state index contributed by atoms with van der Waals surface area (Å²) in [6.07, 6.45) is 4.40. The van der Waals surface area contributed by atoms with Crippen LogP contribution in [0.2, 0.25) is 5.02 Å². The van der Waals surface area contributed by atoms with Gasteiger partial charge in [-0.2, -0.15) is 10.5 Å². The van der Waals surface area contributed by atoms with E-state index in [-0.39, 0.29) is 10.9 Å². The third kappa shape index (κ3) is 4.24. The Kier molecular flexibility index (Phi) is 6.01. The summed E-state index contributed by atoms with van der Waals surface area (Å²) in [5.41, 5.74) is 2.08. The zero-order valence-corrected chi connectivity index (χ0v) is 16.4. The van der Waals surface area contributed by atoms with Crippen molar-refractivity contribution >= 4 is 33.8 Å². The SMILES string of the molecule is CC(Oc1ccc(C#N)cc1Cl)C(=O)Nc1sc2c(c1C#N)CCCCC2. The van der Waals surface area contributed by atoms with Crippen LogP contribution in [0.3, 0.4) is 0 Å². The van der Waals surface area contributed by atoms with Crippen LogP contribution in [0.15, 0.2) is 18.2 Å². The molecule has 27 heavy (non-hydrogen) atoms. The number of rotatable bonds is 4. The number of aryl methyl sites for hydroxylation is 1. The lowest BCUT2D eigenvalue weighted by molar-refractivity contribution is -0.122. The highest BCUT2D eigenvalue weighted by atomic mass is 35.5. The van der Waals surface area contributed by atoms with E-state index in [9.17, 15) is 10.1 Å². The first-order valence-corrected chi connectivity index (χ1v) is 9.94. The Hall–Kier alpha value is -2.54. The van der Waals surface area contributed by atoms with Crippen molar-refractivity contribution in [2.24, 2.45) is 0 Å². The fraction of sp³-hybridized carbons (Fsp3) is 0.350. The van der Waals surface area contributed by atoms with E-state index in [2.05, 4.69) is 11.4 Å². The Labute approximate surface area is 167 Å². The molecule has 0 saturated carbocycles. The first-order chi connectivity index (χ1) is 13.0. The minimum atomic E-state index is -0.802. The number of carbonyl (C=O) groups is 1. The summed E-state index contributed by atoms with van der Waals surface area (Å²) in [6.45, 7) is 1.62. The molecule has 1 unspecified atom stereocenters. The molecule has 138 valence electrons. The van der Waals surface area contributed by atoms with E-state index in [1.807, 2.05) is 6.07 Å². The van der Waals surface area contributed by atoms with E-state index in [0.29, 0.717) is 21.9 Å². The van der Waals surface area contributed by atoms with Crippen molar-refractivity contribution in [2.75, 3.05) is 5.32 Å². The number of nitrogens with zero attached hydrogens (tertiary/aromatic N) is 2. The largest absolute Gasteiger partial charge is 0.479 e. The molecule has 0 fully saturated rings. The van der Waals surface area contributed by atoms with Gasteiger partial charge in [-0.05, 0) is 56.4 Å². The number of ether oxygens (including phenoxy) is 1. The van der Waals surface area contributed by atoms with Crippen LogP contribution in [0, 0.1) is 22.7 Å². The average Bonchev–Trinajstić information content (AvgIpc) is 2.82.